The molecule has 4 aromatic carbocycles. The van der Waals surface area contributed by atoms with Crippen LogP contribution in [0.3, 0.4) is 0 Å². The summed E-state index contributed by atoms with van der Waals surface area (Å²) in [6.45, 7) is 0. The Labute approximate surface area is 255 Å². The Morgan fingerprint density at radius 3 is 1.09 bits per heavy atom. The fourth-order valence-corrected chi connectivity index (χ4v) is 7.22. The van der Waals surface area contributed by atoms with Crippen LogP contribution in [0.4, 0.5) is 0 Å². The van der Waals surface area contributed by atoms with Gasteiger partial charge in [0.2, 0.25) is 0 Å². The van der Waals surface area contributed by atoms with Gasteiger partial charge in [-0.2, -0.15) is 0 Å². The zero-order valence-electron chi connectivity index (χ0n) is 22.8. The van der Waals surface area contributed by atoms with E-state index in [1.807, 2.05) is 88.0 Å². The number of hydrogen-bond acceptors (Lipinski definition) is 6. The number of benzene rings is 4. The van der Waals surface area contributed by atoms with Gasteiger partial charge >= 0.3 is 14.5 Å². The van der Waals surface area contributed by atoms with E-state index in [1.165, 1.54) is 0 Å². The molecule has 8 nitrogen and oxygen atoms in total. The lowest BCUT2D eigenvalue weighted by Crippen LogP contribution is -2.01. The highest BCUT2D eigenvalue weighted by atomic mass is 35.6. The van der Waals surface area contributed by atoms with Crippen LogP contribution in [0.1, 0.15) is 0 Å². The van der Waals surface area contributed by atoms with Gasteiger partial charge in [0.15, 0.2) is 23.3 Å². The first-order chi connectivity index (χ1) is 21.2. The molecule has 43 heavy (non-hydrogen) atoms. The normalized spacial score (nSPS) is 12.0. The van der Waals surface area contributed by atoms with E-state index in [0.717, 1.165) is 55.1 Å². The molecule has 10 heteroatoms. The van der Waals surface area contributed by atoms with Crippen molar-refractivity contribution >= 4 is 68.7 Å². The van der Waals surface area contributed by atoms with Crippen molar-refractivity contribution in [2.75, 3.05) is 0 Å². The number of nitrogens with zero attached hydrogens (tertiary/aromatic N) is 8. The second kappa shape index (κ2) is 9.28. The molecule has 7 aromatic rings. The van der Waals surface area contributed by atoms with Crippen LogP contribution in [0.15, 0.2) is 97.1 Å². The third-order valence-electron chi connectivity index (χ3n) is 8.10. The minimum atomic E-state index is -0.731. The van der Waals surface area contributed by atoms with Crippen LogP contribution in [-0.2, 0) is 7.05 Å². The zero-order chi connectivity index (χ0) is 28.7. The highest BCUT2D eigenvalue weighted by molar-refractivity contribution is 6.93. The van der Waals surface area contributed by atoms with Crippen LogP contribution in [0.5, 0.6) is 0 Å². The molecule has 9 rings (SSSR count). The molecule has 0 saturated heterocycles. The van der Waals surface area contributed by atoms with Crippen molar-refractivity contribution in [3.63, 3.8) is 0 Å². The number of halogens is 1. The van der Waals surface area contributed by atoms with Crippen molar-refractivity contribution in [3.05, 3.63) is 97.1 Å². The largest absolute Gasteiger partial charge is 0.526 e. The van der Waals surface area contributed by atoms with Gasteiger partial charge in [-0.25, -0.2) is 40.0 Å². The molecular formula is C33H19AlClN8. The Bertz CT molecular complexity index is 2320. The lowest BCUT2D eigenvalue weighted by molar-refractivity contribution is 0.966. The number of aromatic nitrogens is 8. The van der Waals surface area contributed by atoms with E-state index in [0.29, 0.717) is 34.6 Å². The second-order valence-corrected chi connectivity index (χ2v) is 11.8. The molecule has 0 spiro atoms. The van der Waals surface area contributed by atoms with Crippen molar-refractivity contribution in [1.29, 1.82) is 0 Å². The number of fused-ring (bicyclic) bond motifs is 20. The molecule has 0 unspecified atom stereocenters. The van der Waals surface area contributed by atoms with Gasteiger partial charge in [-0.3, -0.25) is 0 Å². The lowest BCUT2D eigenvalue weighted by atomic mass is 10.1. The molecule has 0 fully saturated rings. The summed E-state index contributed by atoms with van der Waals surface area (Å²) in [6.07, 6.45) is 0. The first-order valence-corrected chi connectivity index (χ1v) is 16.1. The lowest BCUT2D eigenvalue weighted by Gasteiger charge is -2.01. The first-order valence-electron chi connectivity index (χ1n) is 13.8. The van der Waals surface area contributed by atoms with Gasteiger partial charge in [-0.1, -0.05) is 97.1 Å². The molecule has 0 amide bonds. The van der Waals surface area contributed by atoms with E-state index in [2.05, 4.69) is 24.3 Å². The van der Waals surface area contributed by atoms with Gasteiger partial charge in [-0.05, 0) is 0 Å². The van der Waals surface area contributed by atoms with Crippen molar-refractivity contribution in [1.82, 2.24) is 38.0 Å². The van der Waals surface area contributed by atoms with E-state index >= 15 is 0 Å². The molecule has 5 heterocycles. The van der Waals surface area contributed by atoms with Gasteiger partial charge < -0.3 is 8.12 Å². The Hall–Kier alpha value is -4.94. The summed E-state index contributed by atoms with van der Waals surface area (Å²) in [5.74, 6) is 2.38. The minimum absolute atomic E-state index is 0.588. The number of hydrogen-bond donors (Lipinski definition) is 0. The van der Waals surface area contributed by atoms with Crippen LogP contribution in [0.25, 0.3) is 89.7 Å². The third kappa shape index (κ3) is 3.56. The molecular weight excluding hydrogens is 571 g/mol. The van der Waals surface area contributed by atoms with E-state index in [4.69, 9.17) is 40.0 Å². The monoisotopic (exact) mass is 589 g/mol. The summed E-state index contributed by atoms with van der Waals surface area (Å²) in [7, 11) is 8.71. The molecule has 0 N–H and O–H groups in total. The topological polar surface area (TPSA) is 87.2 Å². The van der Waals surface area contributed by atoms with Gasteiger partial charge in [0, 0.05) is 50.8 Å². The van der Waals surface area contributed by atoms with Crippen LogP contribution in [0, 0.1) is 0 Å². The van der Waals surface area contributed by atoms with Crippen LogP contribution in [0.2, 0.25) is 0 Å². The van der Waals surface area contributed by atoms with Gasteiger partial charge in [0.05, 0.1) is 0 Å². The maximum atomic E-state index is 6.72. The fraction of sp³-hybridized carbons (Fsp3) is 0.0303. The highest BCUT2D eigenvalue weighted by Gasteiger charge is 2.23. The average Bonchev–Trinajstić information content (AvgIpc) is 3.74. The SMILES string of the molecule is Cn1c2nc3nc(nc4c5ccccc5c(nc5nc(nc1c1ccccc12)-c1ccccc1-5)[n]4[Al][Cl])-c1ccccc1-3. The number of aryl methyl sites for hydroxylation is 1. The standard InChI is InChI=1S/C33H19N8.Al.ClH/c1-41-32-24-16-8-9-17-25(24)33(41)40-31-23-15-7-5-13-21(23)29(38-31)36-27-19-11-3-2-10-18(19)26(34-27)35-28-20-12-4-6-14-22(20)30(37-28)39-32;;/h2-17H,1H3;;1H/q-1;+2;/p-1. The summed E-state index contributed by atoms with van der Waals surface area (Å²) in [5, 5.41) is 3.86. The predicted octanol–water partition coefficient (Wildman–Crippen LogP) is 6.97. The minimum Gasteiger partial charge on any atom is -0.395 e. The summed E-state index contributed by atoms with van der Waals surface area (Å²) in [4.78, 5) is 30.7. The predicted molar refractivity (Wildman–Crippen MR) is 171 cm³/mol. The van der Waals surface area contributed by atoms with E-state index < -0.39 is 14.5 Å². The maximum absolute atomic E-state index is 6.72. The molecule has 1 radical (unpaired) electrons. The average molecular weight is 590 g/mol. The fourth-order valence-electron chi connectivity index (χ4n) is 6.09. The van der Waals surface area contributed by atoms with Crippen molar-refractivity contribution in [2.24, 2.45) is 7.05 Å². The van der Waals surface area contributed by atoms with E-state index in [9.17, 15) is 0 Å². The van der Waals surface area contributed by atoms with Crippen LogP contribution < -0.4 is 0 Å². The van der Waals surface area contributed by atoms with Crippen molar-refractivity contribution < 1.29 is 0 Å². The zero-order valence-corrected chi connectivity index (χ0v) is 24.7. The van der Waals surface area contributed by atoms with Crippen LogP contribution in [-0.4, -0.2) is 52.5 Å². The van der Waals surface area contributed by atoms with Crippen molar-refractivity contribution in [3.8, 4) is 45.6 Å². The maximum Gasteiger partial charge on any atom is 0.526 e. The Morgan fingerprint density at radius 1 is 0.442 bits per heavy atom. The molecule has 8 bridgehead atoms. The van der Waals surface area contributed by atoms with Crippen LogP contribution >= 0.6 is 10.0 Å². The molecule has 201 valence electrons. The second-order valence-electron chi connectivity index (χ2n) is 10.5. The van der Waals surface area contributed by atoms with Crippen molar-refractivity contribution in [2.45, 2.75) is 0 Å². The van der Waals surface area contributed by atoms with Gasteiger partial charge in [0.25, 0.3) is 0 Å². The quantitative estimate of drug-likeness (QED) is 0.192. The van der Waals surface area contributed by atoms with E-state index in [1.54, 1.807) is 0 Å². The molecule has 0 atom stereocenters. The highest BCUT2D eigenvalue weighted by Crippen LogP contribution is 2.37. The smallest absolute Gasteiger partial charge is 0.395 e. The summed E-state index contributed by atoms with van der Waals surface area (Å²) in [6, 6.07) is 32.4. The number of rotatable bonds is 1. The molecule has 2 aliphatic heterocycles. The summed E-state index contributed by atoms with van der Waals surface area (Å²) >= 11 is -0.731. The van der Waals surface area contributed by atoms with Gasteiger partial charge in [0.1, 0.15) is 22.6 Å². The third-order valence-corrected chi connectivity index (χ3v) is 9.37. The molecule has 0 saturated carbocycles. The Kier molecular flexibility index (Phi) is 5.32. The summed E-state index contributed by atoms with van der Waals surface area (Å²) < 4.78 is 4.01. The van der Waals surface area contributed by atoms with E-state index in [-0.39, 0.29) is 0 Å². The van der Waals surface area contributed by atoms with Gasteiger partial charge in [-0.15, -0.1) is 0 Å². The molecule has 3 aromatic heterocycles. The Morgan fingerprint density at radius 2 is 0.744 bits per heavy atom. The molecule has 2 aliphatic rings. The first kappa shape index (κ1) is 24.6. The summed E-state index contributed by atoms with van der Waals surface area (Å²) in [5.41, 5.74) is 6.64. The molecule has 0 aliphatic carbocycles. The Balaban J connectivity index is 1.56.